The lowest BCUT2D eigenvalue weighted by Crippen LogP contribution is -2.45. The van der Waals surface area contributed by atoms with Crippen molar-refractivity contribution < 1.29 is 9.53 Å². The molecule has 1 unspecified atom stereocenters. The summed E-state index contributed by atoms with van der Waals surface area (Å²) in [5, 5.41) is 0. The molecule has 2 saturated heterocycles. The number of carbonyl (C=O) groups is 1. The van der Waals surface area contributed by atoms with Crippen LogP contribution in [-0.2, 0) is 10.2 Å². The maximum absolute atomic E-state index is 12.7. The smallest absolute Gasteiger partial charge is 0.274 e. The van der Waals surface area contributed by atoms with Gasteiger partial charge in [-0.15, -0.1) is 0 Å². The summed E-state index contributed by atoms with van der Waals surface area (Å²) in [6.45, 7) is 6.51. The standard InChI is InChI=1S/C21H26N4O2/c1-21(17-6-3-2-4-7-17)8-5-9-25(16-21)19-15-22-14-18(23-19)20(26)24-10-12-27-13-11-24/h2-4,6-7,14-15H,5,8-13,16H2,1H3. The van der Waals surface area contributed by atoms with Crippen molar-refractivity contribution in [3.8, 4) is 0 Å². The van der Waals surface area contributed by atoms with Crippen LogP contribution in [0.3, 0.4) is 0 Å². The maximum atomic E-state index is 12.7. The fraction of sp³-hybridized carbons (Fsp3) is 0.476. The average molecular weight is 366 g/mol. The van der Waals surface area contributed by atoms with Gasteiger partial charge < -0.3 is 14.5 Å². The predicted octanol–water partition coefficient (Wildman–Crippen LogP) is 2.51. The first-order chi connectivity index (χ1) is 13.2. The van der Waals surface area contributed by atoms with Crippen molar-refractivity contribution >= 4 is 11.7 Å². The van der Waals surface area contributed by atoms with Crippen LogP contribution in [0.25, 0.3) is 0 Å². The van der Waals surface area contributed by atoms with Crippen molar-refractivity contribution in [2.45, 2.75) is 25.2 Å². The van der Waals surface area contributed by atoms with Gasteiger partial charge in [-0.25, -0.2) is 4.98 Å². The van der Waals surface area contributed by atoms with Crippen LogP contribution in [0.4, 0.5) is 5.82 Å². The van der Waals surface area contributed by atoms with Gasteiger partial charge >= 0.3 is 0 Å². The van der Waals surface area contributed by atoms with E-state index in [0.29, 0.717) is 32.0 Å². The Morgan fingerprint density at radius 3 is 2.67 bits per heavy atom. The number of rotatable bonds is 3. The molecule has 1 aromatic carbocycles. The molecule has 0 spiro atoms. The average Bonchev–Trinajstić information content (AvgIpc) is 2.75. The van der Waals surface area contributed by atoms with Crippen LogP contribution < -0.4 is 4.90 Å². The molecule has 1 amide bonds. The number of piperidine rings is 1. The molecule has 0 saturated carbocycles. The zero-order chi connectivity index (χ0) is 18.7. The highest BCUT2D eigenvalue weighted by molar-refractivity contribution is 5.92. The highest BCUT2D eigenvalue weighted by Crippen LogP contribution is 2.35. The SMILES string of the molecule is CC1(c2ccccc2)CCCN(c2cncc(C(=O)N3CCOCC3)n2)C1. The monoisotopic (exact) mass is 366 g/mol. The zero-order valence-electron chi connectivity index (χ0n) is 15.8. The first kappa shape index (κ1) is 17.9. The summed E-state index contributed by atoms with van der Waals surface area (Å²) in [4.78, 5) is 25.8. The van der Waals surface area contributed by atoms with E-state index in [4.69, 9.17) is 4.74 Å². The third kappa shape index (κ3) is 3.81. The highest BCUT2D eigenvalue weighted by Gasteiger charge is 2.33. The van der Waals surface area contributed by atoms with Crippen molar-refractivity contribution in [1.29, 1.82) is 0 Å². The van der Waals surface area contributed by atoms with E-state index in [1.807, 2.05) is 0 Å². The Hall–Kier alpha value is -2.47. The van der Waals surface area contributed by atoms with Gasteiger partial charge in [-0.3, -0.25) is 9.78 Å². The topological polar surface area (TPSA) is 58.6 Å². The van der Waals surface area contributed by atoms with E-state index in [1.165, 1.54) is 5.56 Å². The molecule has 0 N–H and O–H groups in total. The van der Waals surface area contributed by atoms with Crippen LogP contribution in [0.2, 0.25) is 0 Å². The number of carbonyl (C=O) groups excluding carboxylic acids is 1. The first-order valence-corrected chi connectivity index (χ1v) is 9.65. The summed E-state index contributed by atoms with van der Waals surface area (Å²) in [6.07, 6.45) is 5.58. The van der Waals surface area contributed by atoms with Crippen LogP contribution in [0, 0.1) is 0 Å². The Balaban J connectivity index is 1.54. The van der Waals surface area contributed by atoms with Crippen molar-refractivity contribution in [2.24, 2.45) is 0 Å². The van der Waals surface area contributed by atoms with Crippen molar-refractivity contribution in [2.75, 3.05) is 44.3 Å². The number of hydrogen-bond donors (Lipinski definition) is 0. The molecule has 3 heterocycles. The van der Waals surface area contributed by atoms with E-state index in [9.17, 15) is 4.79 Å². The van der Waals surface area contributed by atoms with Gasteiger partial charge in [-0.1, -0.05) is 37.3 Å². The molecule has 0 aliphatic carbocycles. The molecule has 2 aliphatic rings. The summed E-state index contributed by atoms with van der Waals surface area (Å²) >= 11 is 0. The van der Waals surface area contributed by atoms with Crippen molar-refractivity contribution in [1.82, 2.24) is 14.9 Å². The van der Waals surface area contributed by atoms with Gasteiger partial charge in [0.1, 0.15) is 11.5 Å². The Kier molecular flexibility index (Phi) is 5.07. The van der Waals surface area contributed by atoms with Crippen LogP contribution in [0.5, 0.6) is 0 Å². The van der Waals surface area contributed by atoms with Crippen molar-refractivity contribution in [3.05, 3.63) is 54.0 Å². The number of nitrogens with zero attached hydrogens (tertiary/aromatic N) is 4. The second-order valence-electron chi connectivity index (χ2n) is 7.62. The third-order valence-corrected chi connectivity index (χ3v) is 5.63. The lowest BCUT2D eigenvalue weighted by atomic mass is 9.76. The molecule has 4 rings (SSSR count). The number of benzene rings is 1. The van der Waals surface area contributed by atoms with Gasteiger partial charge in [-0.05, 0) is 18.4 Å². The molecule has 2 fully saturated rings. The second-order valence-corrected chi connectivity index (χ2v) is 7.62. The van der Waals surface area contributed by atoms with E-state index >= 15 is 0 Å². The number of anilines is 1. The minimum atomic E-state index is -0.0597. The molecule has 27 heavy (non-hydrogen) atoms. The predicted molar refractivity (Wildman–Crippen MR) is 104 cm³/mol. The van der Waals surface area contributed by atoms with Crippen LogP contribution in [-0.4, -0.2) is 60.2 Å². The molecule has 2 aromatic rings. The molecule has 0 radical (unpaired) electrons. The Bertz CT molecular complexity index is 792. The van der Waals surface area contributed by atoms with E-state index < -0.39 is 0 Å². The largest absolute Gasteiger partial charge is 0.378 e. The van der Waals surface area contributed by atoms with Gasteiger partial charge in [0.05, 0.1) is 25.6 Å². The number of amides is 1. The molecule has 6 nitrogen and oxygen atoms in total. The quantitative estimate of drug-likeness (QED) is 0.835. The number of morpholine rings is 1. The maximum Gasteiger partial charge on any atom is 0.274 e. The Morgan fingerprint density at radius 2 is 1.89 bits per heavy atom. The summed E-state index contributed by atoms with van der Waals surface area (Å²) < 4.78 is 5.33. The zero-order valence-corrected chi connectivity index (χ0v) is 15.8. The summed E-state index contributed by atoms with van der Waals surface area (Å²) in [5.74, 6) is 0.728. The molecule has 0 bridgehead atoms. The molecular weight excluding hydrogens is 340 g/mol. The van der Waals surface area contributed by atoms with E-state index in [0.717, 1.165) is 31.7 Å². The van der Waals surface area contributed by atoms with Crippen LogP contribution >= 0.6 is 0 Å². The van der Waals surface area contributed by atoms with Gasteiger partial charge in [0.15, 0.2) is 0 Å². The second kappa shape index (κ2) is 7.64. The lowest BCUT2D eigenvalue weighted by Gasteiger charge is -2.41. The molecule has 1 aromatic heterocycles. The summed E-state index contributed by atoms with van der Waals surface area (Å²) in [5.41, 5.74) is 1.84. The molecular formula is C21H26N4O2. The first-order valence-electron chi connectivity index (χ1n) is 9.65. The van der Waals surface area contributed by atoms with Crippen LogP contribution in [0.15, 0.2) is 42.7 Å². The highest BCUT2D eigenvalue weighted by atomic mass is 16.5. The molecule has 6 heteroatoms. The molecule has 142 valence electrons. The van der Waals surface area contributed by atoms with Gasteiger partial charge in [0.2, 0.25) is 0 Å². The minimum absolute atomic E-state index is 0.0597. The lowest BCUT2D eigenvalue weighted by molar-refractivity contribution is 0.0298. The van der Waals surface area contributed by atoms with E-state index in [2.05, 4.69) is 52.1 Å². The molecule has 2 aliphatic heterocycles. The number of ether oxygens (including phenoxy) is 1. The number of aromatic nitrogens is 2. The summed E-state index contributed by atoms with van der Waals surface area (Å²) in [7, 11) is 0. The van der Waals surface area contributed by atoms with Gasteiger partial charge in [0.25, 0.3) is 5.91 Å². The normalized spacial score (nSPS) is 23.3. The van der Waals surface area contributed by atoms with Gasteiger partial charge in [0, 0.05) is 31.6 Å². The van der Waals surface area contributed by atoms with E-state index in [-0.39, 0.29) is 11.3 Å². The fourth-order valence-electron chi connectivity index (χ4n) is 4.05. The van der Waals surface area contributed by atoms with Crippen LogP contribution in [0.1, 0.15) is 35.8 Å². The molecule has 1 atom stereocenters. The van der Waals surface area contributed by atoms with Gasteiger partial charge in [-0.2, -0.15) is 0 Å². The number of hydrogen-bond acceptors (Lipinski definition) is 5. The summed E-state index contributed by atoms with van der Waals surface area (Å²) in [6, 6.07) is 10.7. The Morgan fingerprint density at radius 1 is 1.11 bits per heavy atom. The van der Waals surface area contributed by atoms with Crippen molar-refractivity contribution in [3.63, 3.8) is 0 Å². The minimum Gasteiger partial charge on any atom is -0.378 e. The third-order valence-electron chi connectivity index (χ3n) is 5.63. The van der Waals surface area contributed by atoms with E-state index in [1.54, 1.807) is 17.3 Å². The fourth-order valence-corrected chi connectivity index (χ4v) is 4.05. The Labute approximate surface area is 160 Å².